The fourth-order valence-corrected chi connectivity index (χ4v) is 5.72. The quantitative estimate of drug-likeness (QED) is 0.172. The van der Waals surface area contributed by atoms with Gasteiger partial charge in [-0.1, -0.05) is 136 Å². The van der Waals surface area contributed by atoms with Crippen LogP contribution < -0.4 is 0 Å². The molecule has 0 nitrogen and oxygen atoms in total. The molecule has 32 heavy (non-hydrogen) atoms. The summed E-state index contributed by atoms with van der Waals surface area (Å²) in [7, 11) is 3.36. The molecule has 0 aliphatic rings. The first-order chi connectivity index (χ1) is 15.7. The van der Waals surface area contributed by atoms with Crippen molar-refractivity contribution in [2.45, 2.75) is 76.3 Å². The molecule has 2 unspecified atom stereocenters. The Morgan fingerprint density at radius 2 is 1.03 bits per heavy atom. The molecule has 0 aromatic heterocycles. The summed E-state index contributed by atoms with van der Waals surface area (Å²) in [4.78, 5) is 0. The first kappa shape index (κ1) is 24.7. The number of hydrogen-bond acceptors (Lipinski definition) is 0. The predicted octanol–water partition coefficient (Wildman–Crippen LogP) is 8.70. The average molecular weight is 445 g/mol. The normalized spacial score (nSPS) is 12.6. The van der Waals surface area contributed by atoms with Crippen LogP contribution in [-0.2, 0) is 19.3 Å². The van der Waals surface area contributed by atoms with E-state index in [0.717, 1.165) is 19.3 Å². The SMILES string of the molecule is CCCCCCCCC(Cc1ccccc1)C(P)(Cc1ccccc1)Cc1ccccc1. The van der Waals surface area contributed by atoms with E-state index in [1.807, 2.05) is 0 Å². The Labute approximate surface area is 199 Å². The molecule has 0 heterocycles. The van der Waals surface area contributed by atoms with Gasteiger partial charge in [-0.05, 0) is 53.4 Å². The summed E-state index contributed by atoms with van der Waals surface area (Å²) >= 11 is 0. The molecular formula is C31H41P. The van der Waals surface area contributed by atoms with Gasteiger partial charge in [-0.2, -0.15) is 0 Å². The first-order valence-corrected chi connectivity index (χ1v) is 13.2. The van der Waals surface area contributed by atoms with Crippen LogP contribution in [0.15, 0.2) is 91.0 Å². The van der Waals surface area contributed by atoms with E-state index in [4.69, 9.17) is 0 Å². The molecule has 3 aromatic rings. The Kier molecular flexibility index (Phi) is 10.5. The molecule has 0 N–H and O–H groups in total. The molecule has 0 radical (unpaired) electrons. The van der Waals surface area contributed by atoms with Gasteiger partial charge in [-0.3, -0.25) is 0 Å². The van der Waals surface area contributed by atoms with E-state index < -0.39 is 0 Å². The van der Waals surface area contributed by atoms with Crippen molar-refractivity contribution in [1.29, 1.82) is 0 Å². The van der Waals surface area contributed by atoms with Crippen LogP contribution in [0.5, 0.6) is 0 Å². The smallest absolute Gasteiger partial charge is 0.00385 e. The summed E-state index contributed by atoms with van der Waals surface area (Å²) in [6, 6.07) is 33.3. The topological polar surface area (TPSA) is 0 Å². The molecule has 3 rings (SSSR count). The average Bonchev–Trinajstić information content (AvgIpc) is 2.82. The molecule has 1 heteroatoms. The van der Waals surface area contributed by atoms with E-state index in [0.29, 0.717) is 5.92 Å². The third kappa shape index (κ3) is 8.22. The zero-order valence-electron chi connectivity index (χ0n) is 19.9. The van der Waals surface area contributed by atoms with Crippen LogP contribution in [0.4, 0.5) is 0 Å². The number of hydrogen-bond donors (Lipinski definition) is 0. The molecule has 0 saturated carbocycles. The van der Waals surface area contributed by atoms with Crippen LogP contribution in [0.3, 0.4) is 0 Å². The highest BCUT2D eigenvalue weighted by molar-refractivity contribution is 7.19. The third-order valence-corrected chi connectivity index (χ3v) is 7.68. The van der Waals surface area contributed by atoms with Crippen molar-refractivity contribution in [2.75, 3.05) is 0 Å². The van der Waals surface area contributed by atoms with Gasteiger partial charge < -0.3 is 0 Å². The van der Waals surface area contributed by atoms with Crippen molar-refractivity contribution in [3.05, 3.63) is 108 Å². The van der Waals surface area contributed by atoms with Crippen LogP contribution >= 0.6 is 9.24 Å². The lowest BCUT2D eigenvalue weighted by Gasteiger charge is -2.39. The van der Waals surface area contributed by atoms with E-state index in [-0.39, 0.29) is 5.16 Å². The van der Waals surface area contributed by atoms with Crippen molar-refractivity contribution >= 4 is 9.24 Å². The Hall–Kier alpha value is -1.91. The van der Waals surface area contributed by atoms with Crippen LogP contribution in [0.1, 0.15) is 68.6 Å². The van der Waals surface area contributed by atoms with Crippen LogP contribution in [0.25, 0.3) is 0 Å². The van der Waals surface area contributed by atoms with E-state index in [2.05, 4.69) is 107 Å². The van der Waals surface area contributed by atoms with Gasteiger partial charge in [0.15, 0.2) is 0 Å². The molecule has 0 bridgehead atoms. The fraction of sp³-hybridized carbons (Fsp3) is 0.419. The predicted molar refractivity (Wildman–Crippen MR) is 144 cm³/mol. The van der Waals surface area contributed by atoms with Crippen molar-refractivity contribution in [3.8, 4) is 0 Å². The van der Waals surface area contributed by atoms with E-state index in [9.17, 15) is 0 Å². The van der Waals surface area contributed by atoms with Crippen molar-refractivity contribution in [2.24, 2.45) is 5.92 Å². The highest BCUT2D eigenvalue weighted by Gasteiger charge is 2.34. The molecule has 2 atom stereocenters. The van der Waals surface area contributed by atoms with E-state index in [1.54, 1.807) is 0 Å². The fourth-order valence-electron chi connectivity index (χ4n) is 4.97. The lowest BCUT2D eigenvalue weighted by molar-refractivity contribution is 0.331. The van der Waals surface area contributed by atoms with Gasteiger partial charge in [0.25, 0.3) is 0 Å². The van der Waals surface area contributed by atoms with Crippen LogP contribution in [-0.4, -0.2) is 5.16 Å². The minimum Gasteiger partial charge on any atom is -0.130 e. The summed E-state index contributed by atoms with van der Waals surface area (Å²) in [5.41, 5.74) is 4.36. The van der Waals surface area contributed by atoms with Gasteiger partial charge >= 0.3 is 0 Å². The van der Waals surface area contributed by atoms with Gasteiger partial charge in [0.1, 0.15) is 0 Å². The molecule has 0 spiro atoms. The molecule has 0 aliphatic heterocycles. The molecule has 0 amide bonds. The zero-order valence-corrected chi connectivity index (χ0v) is 21.0. The second-order valence-corrected chi connectivity index (χ2v) is 10.7. The number of benzene rings is 3. The van der Waals surface area contributed by atoms with Crippen LogP contribution in [0.2, 0.25) is 0 Å². The van der Waals surface area contributed by atoms with E-state index >= 15 is 0 Å². The summed E-state index contributed by atoms with van der Waals surface area (Å²) in [5.74, 6) is 0.626. The second-order valence-electron chi connectivity index (χ2n) is 9.50. The largest absolute Gasteiger partial charge is 0.130 e. The lowest BCUT2D eigenvalue weighted by atomic mass is 9.75. The maximum absolute atomic E-state index is 3.36. The third-order valence-electron chi connectivity index (χ3n) is 6.80. The monoisotopic (exact) mass is 444 g/mol. The van der Waals surface area contributed by atoms with Gasteiger partial charge in [0, 0.05) is 0 Å². The van der Waals surface area contributed by atoms with Crippen LogP contribution in [0, 0.1) is 5.92 Å². The molecule has 170 valence electrons. The standard InChI is InChI=1S/C31H41P/c1-2-3-4-5-6-16-23-30(24-27-17-10-7-11-18-27)31(32,25-28-19-12-8-13-20-28)26-29-21-14-9-15-22-29/h7-15,17-22,30H,2-6,16,23-26,32H2,1H3. The Morgan fingerprint density at radius 1 is 0.594 bits per heavy atom. The van der Waals surface area contributed by atoms with Gasteiger partial charge in [-0.25, -0.2) is 0 Å². The second kappa shape index (κ2) is 13.6. The summed E-state index contributed by atoms with van der Waals surface area (Å²) in [5, 5.41) is 0.141. The van der Waals surface area contributed by atoms with E-state index in [1.165, 1.54) is 61.6 Å². The summed E-state index contributed by atoms with van der Waals surface area (Å²) in [6.45, 7) is 2.30. The molecular weight excluding hydrogens is 403 g/mol. The zero-order chi connectivity index (χ0) is 22.5. The number of unbranched alkanes of at least 4 members (excludes halogenated alkanes) is 5. The van der Waals surface area contributed by atoms with Crippen molar-refractivity contribution in [3.63, 3.8) is 0 Å². The number of rotatable bonds is 14. The summed E-state index contributed by atoms with van der Waals surface area (Å²) in [6.07, 6.45) is 12.8. The highest BCUT2D eigenvalue weighted by Crippen LogP contribution is 2.40. The molecule has 0 aliphatic carbocycles. The highest BCUT2D eigenvalue weighted by atomic mass is 31.0. The van der Waals surface area contributed by atoms with Crippen molar-refractivity contribution < 1.29 is 0 Å². The van der Waals surface area contributed by atoms with Gasteiger partial charge in [-0.15, -0.1) is 9.24 Å². The Morgan fingerprint density at radius 3 is 1.53 bits per heavy atom. The maximum atomic E-state index is 3.36. The maximum Gasteiger partial charge on any atom is -0.00385 e. The minimum atomic E-state index is 0.141. The van der Waals surface area contributed by atoms with Gasteiger partial charge in [0.05, 0.1) is 0 Å². The Bertz CT molecular complexity index is 815. The first-order valence-electron chi connectivity index (χ1n) is 12.6. The molecule has 3 aromatic carbocycles. The minimum absolute atomic E-state index is 0.141. The lowest BCUT2D eigenvalue weighted by Crippen LogP contribution is -2.38. The van der Waals surface area contributed by atoms with Gasteiger partial charge in [0.2, 0.25) is 0 Å². The Balaban J connectivity index is 1.82. The molecule has 0 fully saturated rings. The summed E-state index contributed by atoms with van der Waals surface area (Å²) < 4.78 is 0. The molecule has 0 saturated heterocycles. The van der Waals surface area contributed by atoms with Crippen molar-refractivity contribution in [1.82, 2.24) is 0 Å².